The van der Waals surface area contributed by atoms with Crippen LogP contribution in [0.25, 0.3) is 0 Å². The first-order valence-electron chi connectivity index (χ1n) is 5.20. The zero-order valence-electron chi connectivity index (χ0n) is 8.92. The van der Waals surface area contributed by atoms with Crippen LogP contribution in [0.3, 0.4) is 0 Å². The molecule has 0 bridgehead atoms. The SMILES string of the molecule is C#CC(C)N1CCC(NCCC)C1=O. The molecule has 0 aromatic carbocycles. The van der Waals surface area contributed by atoms with Crippen molar-refractivity contribution in [3.63, 3.8) is 0 Å². The maximum absolute atomic E-state index is 11.8. The summed E-state index contributed by atoms with van der Waals surface area (Å²) in [5, 5.41) is 3.23. The van der Waals surface area contributed by atoms with Gasteiger partial charge in [0.25, 0.3) is 0 Å². The average Bonchev–Trinajstić information content (AvgIpc) is 2.56. The lowest BCUT2D eigenvalue weighted by atomic mass is 10.2. The Labute approximate surface area is 85.9 Å². The molecule has 1 amide bonds. The molecular weight excluding hydrogens is 176 g/mol. The third kappa shape index (κ3) is 2.27. The monoisotopic (exact) mass is 194 g/mol. The van der Waals surface area contributed by atoms with Crippen molar-refractivity contribution in [2.24, 2.45) is 0 Å². The van der Waals surface area contributed by atoms with Gasteiger partial charge in [-0.1, -0.05) is 12.8 Å². The predicted octanol–water partition coefficient (Wildman–Crippen LogP) is 0.609. The predicted molar refractivity (Wildman–Crippen MR) is 56.7 cm³/mol. The van der Waals surface area contributed by atoms with Crippen molar-refractivity contribution < 1.29 is 4.79 Å². The lowest BCUT2D eigenvalue weighted by molar-refractivity contribution is -0.130. The zero-order valence-corrected chi connectivity index (χ0v) is 8.92. The summed E-state index contributed by atoms with van der Waals surface area (Å²) in [6, 6.07) is -0.0818. The van der Waals surface area contributed by atoms with E-state index in [2.05, 4.69) is 18.2 Å². The summed E-state index contributed by atoms with van der Waals surface area (Å²) in [5.41, 5.74) is 0. The lowest BCUT2D eigenvalue weighted by Gasteiger charge is -2.20. The van der Waals surface area contributed by atoms with E-state index in [0.717, 1.165) is 25.9 Å². The quantitative estimate of drug-likeness (QED) is 0.665. The molecular formula is C11H18N2O. The fourth-order valence-corrected chi connectivity index (χ4v) is 1.68. The van der Waals surface area contributed by atoms with E-state index in [1.165, 1.54) is 0 Å². The molecule has 0 aromatic rings. The highest BCUT2D eigenvalue weighted by atomic mass is 16.2. The van der Waals surface area contributed by atoms with Crippen LogP contribution in [-0.4, -0.2) is 36.0 Å². The highest BCUT2D eigenvalue weighted by Gasteiger charge is 2.32. The maximum Gasteiger partial charge on any atom is 0.240 e. The zero-order chi connectivity index (χ0) is 10.6. The molecule has 2 atom stereocenters. The number of carbonyl (C=O) groups excluding carboxylic acids is 1. The smallest absolute Gasteiger partial charge is 0.240 e. The number of likely N-dealkylation sites (tertiary alicyclic amines) is 1. The van der Waals surface area contributed by atoms with Crippen molar-refractivity contribution in [2.45, 2.75) is 38.8 Å². The number of terminal acetylenes is 1. The van der Waals surface area contributed by atoms with Crippen LogP contribution in [-0.2, 0) is 4.79 Å². The summed E-state index contributed by atoms with van der Waals surface area (Å²) in [6.07, 6.45) is 7.23. The van der Waals surface area contributed by atoms with Gasteiger partial charge in [-0.3, -0.25) is 4.79 Å². The van der Waals surface area contributed by atoms with Crippen molar-refractivity contribution in [1.82, 2.24) is 10.2 Å². The third-order valence-corrected chi connectivity index (χ3v) is 2.59. The van der Waals surface area contributed by atoms with Gasteiger partial charge in [-0.2, -0.15) is 0 Å². The molecule has 1 saturated heterocycles. The number of rotatable bonds is 4. The molecule has 0 saturated carbocycles. The fourth-order valence-electron chi connectivity index (χ4n) is 1.68. The molecule has 1 heterocycles. The van der Waals surface area contributed by atoms with Gasteiger partial charge in [0.15, 0.2) is 0 Å². The van der Waals surface area contributed by atoms with Crippen molar-refractivity contribution >= 4 is 5.91 Å². The molecule has 0 aromatic heterocycles. The van der Waals surface area contributed by atoms with Crippen LogP contribution in [0.2, 0.25) is 0 Å². The van der Waals surface area contributed by atoms with Crippen molar-refractivity contribution in [2.75, 3.05) is 13.1 Å². The number of hydrogen-bond acceptors (Lipinski definition) is 2. The number of carbonyl (C=O) groups is 1. The van der Waals surface area contributed by atoms with Gasteiger partial charge in [0.1, 0.15) is 0 Å². The van der Waals surface area contributed by atoms with E-state index in [1.54, 1.807) is 4.90 Å². The first-order chi connectivity index (χ1) is 6.70. The lowest BCUT2D eigenvalue weighted by Crippen LogP contribution is -2.41. The van der Waals surface area contributed by atoms with Crippen LogP contribution in [0.5, 0.6) is 0 Å². The fraction of sp³-hybridized carbons (Fsp3) is 0.727. The van der Waals surface area contributed by atoms with E-state index < -0.39 is 0 Å². The van der Waals surface area contributed by atoms with Crippen LogP contribution >= 0.6 is 0 Å². The van der Waals surface area contributed by atoms with Gasteiger partial charge in [0.05, 0.1) is 12.1 Å². The molecule has 0 spiro atoms. The number of amides is 1. The first-order valence-corrected chi connectivity index (χ1v) is 5.20. The maximum atomic E-state index is 11.8. The Balaban J connectivity index is 2.48. The highest BCUT2D eigenvalue weighted by Crippen LogP contribution is 2.13. The number of hydrogen-bond donors (Lipinski definition) is 1. The van der Waals surface area contributed by atoms with Gasteiger partial charge in [0.2, 0.25) is 5.91 Å². The van der Waals surface area contributed by atoms with Crippen LogP contribution in [0.15, 0.2) is 0 Å². The van der Waals surface area contributed by atoms with Crippen molar-refractivity contribution in [1.29, 1.82) is 0 Å². The highest BCUT2D eigenvalue weighted by molar-refractivity contribution is 5.84. The van der Waals surface area contributed by atoms with E-state index in [0.29, 0.717) is 0 Å². The summed E-state index contributed by atoms with van der Waals surface area (Å²) in [7, 11) is 0. The Morgan fingerprint density at radius 1 is 1.79 bits per heavy atom. The van der Waals surface area contributed by atoms with Crippen LogP contribution in [0, 0.1) is 12.3 Å². The van der Waals surface area contributed by atoms with E-state index in [-0.39, 0.29) is 18.0 Å². The molecule has 0 radical (unpaired) electrons. The first kappa shape index (κ1) is 11.1. The molecule has 14 heavy (non-hydrogen) atoms. The summed E-state index contributed by atoms with van der Waals surface area (Å²) in [5.74, 6) is 2.75. The van der Waals surface area contributed by atoms with Gasteiger partial charge in [0, 0.05) is 6.54 Å². The van der Waals surface area contributed by atoms with Crippen molar-refractivity contribution in [3.05, 3.63) is 0 Å². The van der Waals surface area contributed by atoms with Gasteiger partial charge in [-0.15, -0.1) is 6.42 Å². The second-order valence-corrected chi connectivity index (χ2v) is 3.67. The molecule has 1 aliphatic rings. The van der Waals surface area contributed by atoms with Crippen LogP contribution in [0.4, 0.5) is 0 Å². The molecule has 1 N–H and O–H groups in total. The minimum atomic E-state index is -0.0732. The Kier molecular flexibility index (Phi) is 3.97. The minimum Gasteiger partial charge on any atom is -0.328 e. The normalized spacial score (nSPS) is 23.6. The summed E-state index contributed by atoms with van der Waals surface area (Å²) < 4.78 is 0. The minimum absolute atomic E-state index is 0.00856. The summed E-state index contributed by atoms with van der Waals surface area (Å²) >= 11 is 0. The number of nitrogens with zero attached hydrogens (tertiary/aromatic N) is 1. The molecule has 1 fully saturated rings. The topological polar surface area (TPSA) is 32.3 Å². The van der Waals surface area contributed by atoms with E-state index in [4.69, 9.17) is 6.42 Å². The molecule has 3 heteroatoms. The van der Waals surface area contributed by atoms with Gasteiger partial charge < -0.3 is 10.2 Å². The molecule has 78 valence electrons. The molecule has 0 aliphatic carbocycles. The van der Waals surface area contributed by atoms with Crippen LogP contribution < -0.4 is 5.32 Å². The summed E-state index contributed by atoms with van der Waals surface area (Å²) in [4.78, 5) is 13.6. The summed E-state index contributed by atoms with van der Waals surface area (Å²) in [6.45, 7) is 5.66. The Morgan fingerprint density at radius 2 is 2.50 bits per heavy atom. The van der Waals surface area contributed by atoms with Gasteiger partial charge in [-0.25, -0.2) is 0 Å². The number of nitrogens with one attached hydrogen (secondary N) is 1. The van der Waals surface area contributed by atoms with Gasteiger partial charge in [-0.05, 0) is 26.3 Å². The van der Waals surface area contributed by atoms with Gasteiger partial charge >= 0.3 is 0 Å². The van der Waals surface area contributed by atoms with E-state index in [9.17, 15) is 4.79 Å². The molecule has 3 nitrogen and oxygen atoms in total. The Bertz CT molecular complexity index is 244. The third-order valence-electron chi connectivity index (χ3n) is 2.59. The second kappa shape index (κ2) is 5.02. The van der Waals surface area contributed by atoms with E-state index >= 15 is 0 Å². The largest absolute Gasteiger partial charge is 0.328 e. The van der Waals surface area contributed by atoms with Crippen molar-refractivity contribution in [3.8, 4) is 12.3 Å². The van der Waals surface area contributed by atoms with Crippen LogP contribution in [0.1, 0.15) is 26.7 Å². The van der Waals surface area contributed by atoms with E-state index in [1.807, 2.05) is 6.92 Å². The second-order valence-electron chi connectivity index (χ2n) is 3.67. The molecule has 1 aliphatic heterocycles. The standard InChI is InChI=1S/C11H18N2O/c1-4-7-12-10-6-8-13(11(10)14)9(3)5-2/h2,9-10,12H,4,6-8H2,1,3H3. The Hall–Kier alpha value is -1.01. The molecule has 2 unspecified atom stereocenters. The average molecular weight is 194 g/mol. The molecule has 1 rings (SSSR count). The Morgan fingerprint density at radius 3 is 3.07 bits per heavy atom.